The highest BCUT2D eigenvalue weighted by molar-refractivity contribution is 5.91. The zero-order valence-electron chi connectivity index (χ0n) is 20.3. The van der Waals surface area contributed by atoms with E-state index in [1.54, 1.807) is 18.5 Å². The predicted molar refractivity (Wildman–Crippen MR) is 131 cm³/mol. The first kappa shape index (κ1) is 25.4. The third-order valence-electron chi connectivity index (χ3n) is 6.65. The quantitative estimate of drug-likeness (QED) is 0.411. The topological polar surface area (TPSA) is 84.2 Å². The molecule has 3 heterocycles. The lowest BCUT2D eigenvalue weighted by Crippen LogP contribution is -2.28. The normalized spacial score (nSPS) is 16.4. The average molecular weight is 526 g/mol. The van der Waals surface area contributed by atoms with Crippen molar-refractivity contribution in [1.82, 2.24) is 20.0 Å². The van der Waals surface area contributed by atoms with E-state index >= 15 is 0 Å². The van der Waals surface area contributed by atoms with E-state index in [0.29, 0.717) is 23.4 Å². The van der Waals surface area contributed by atoms with Crippen LogP contribution in [0.2, 0.25) is 0 Å². The molecule has 1 aliphatic heterocycles. The van der Waals surface area contributed by atoms with Gasteiger partial charge in [-0.3, -0.25) is 4.79 Å². The first-order chi connectivity index (χ1) is 18.0. The van der Waals surface area contributed by atoms with Crippen LogP contribution in [0.3, 0.4) is 0 Å². The maximum Gasteiger partial charge on any atom is 0.401 e. The number of halogens is 4. The molecule has 3 aromatic rings. The van der Waals surface area contributed by atoms with E-state index in [9.17, 15) is 22.4 Å². The van der Waals surface area contributed by atoms with Gasteiger partial charge in [0.1, 0.15) is 17.1 Å². The second-order valence-corrected chi connectivity index (χ2v) is 9.39. The zero-order chi connectivity index (χ0) is 27.1. The number of nitrogens with one attached hydrogen (secondary N) is 1. The molecule has 196 valence electrons. The van der Waals surface area contributed by atoms with E-state index in [2.05, 4.69) is 27.0 Å². The number of nitrogens with zero attached hydrogens (tertiary/aromatic N) is 4. The minimum atomic E-state index is -4.46. The number of hydrogen-bond donors (Lipinski definition) is 1. The van der Waals surface area contributed by atoms with Crippen LogP contribution in [-0.4, -0.2) is 39.2 Å². The van der Waals surface area contributed by atoms with Gasteiger partial charge in [0.05, 0.1) is 6.42 Å². The van der Waals surface area contributed by atoms with Crippen molar-refractivity contribution in [3.05, 3.63) is 95.8 Å². The molecule has 1 amide bonds. The van der Waals surface area contributed by atoms with E-state index in [-0.39, 0.29) is 36.4 Å². The predicted octanol–water partition coefficient (Wildman–Crippen LogP) is 5.49. The Labute approximate surface area is 215 Å². The van der Waals surface area contributed by atoms with Crippen LogP contribution in [0, 0.1) is 5.82 Å². The summed E-state index contributed by atoms with van der Waals surface area (Å²) >= 11 is 0. The van der Waals surface area contributed by atoms with Gasteiger partial charge >= 0.3 is 6.18 Å². The molecule has 38 heavy (non-hydrogen) atoms. The summed E-state index contributed by atoms with van der Waals surface area (Å²) in [5.41, 5.74) is 1.13. The Bertz CT molecular complexity index is 1450. The maximum absolute atomic E-state index is 14.8. The second kappa shape index (κ2) is 9.55. The van der Waals surface area contributed by atoms with Crippen LogP contribution in [0.25, 0.3) is 11.1 Å². The van der Waals surface area contributed by atoms with Crippen LogP contribution in [-0.2, 0) is 23.1 Å². The van der Waals surface area contributed by atoms with Crippen molar-refractivity contribution >= 4 is 11.7 Å². The summed E-state index contributed by atoms with van der Waals surface area (Å²) in [6.45, 7) is 3.92. The number of carbonyl (C=O) groups is 1. The van der Waals surface area contributed by atoms with Gasteiger partial charge in [0, 0.05) is 49.4 Å². The number of anilines is 1. The van der Waals surface area contributed by atoms with Gasteiger partial charge in [-0.05, 0) is 41.7 Å². The number of amides is 1. The maximum atomic E-state index is 14.8. The van der Waals surface area contributed by atoms with Gasteiger partial charge in [0.15, 0.2) is 11.6 Å². The van der Waals surface area contributed by atoms with E-state index in [0.717, 1.165) is 17.3 Å². The van der Waals surface area contributed by atoms with Crippen molar-refractivity contribution in [2.75, 3.05) is 12.4 Å². The molecule has 1 aliphatic carbocycles. The standard InChI is InChI=1S/C27H23F4N5O2/c1-16-3-4-17(15-36(16)2)9-23-32-13-20(14-33-23)18-5-6-19(21(28)10-18)11-25(37)34-24-12-22(38-35-24)26(7-8-26)27(29,30)31/h3-6,10,12-15H,1,7-9,11H2,2H3,(H,34,35,37). The fraction of sp³-hybridized carbons (Fsp3) is 0.259. The van der Waals surface area contributed by atoms with Crippen LogP contribution in [0.5, 0.6) is 0 Å². The van der Waals surface area contributed by atoms with E-state index in [4.69, 9.17) is 4.52 Å². The molecule has 0 spiro atoms. The van der Waals surface area contributed by atoms with Crippen LogP contribution in [0.1, 0.15) is 30.0 Å². The molecule has 0 bridgehead atoms. The summed E-state index contributed by atoms with van der Waals surface area (Å²) in [6, 6.07) is 5.46. The lowest BCUT2D eigenvalue weighted by Gasteiger charge is -2.19. The summed E-state index contributed by atoms with van der Waals surface area (Å²) in [5.74, 6) is -1.13. The largest absolute Gasteiger partial charge is 0.401 e. The third-order valence-corrected chi connectivity index (χ3v) is 6.65. The molecule has 5 rings (SSSR count). The molecule has 2 aromatic heterocycles. The lowest BCUT2D eigenvalue weighted by atomic mass is 10.0. The zero-order valence-corrected chi connectivity index (χ0v) is 20.3. The number of benzene rings is 1. The monoisotopic (exact) mass is 525 g/mol. The van der Waals surface area contributed by atoms with E-state index < -0.39 is 23.3 Å². The molecule has 0 saturated heterocycles. The fourth-order valence-corrected chi connectivity index (χ4v) is 4.16. The Kier molecular flexibility index (Phi) is 6.38. The molecule has 1 saturated carbocycles. The molecule has 1 fully saturated rings. The average Bonchev–Trinajstić information content (AvgIpc) is 3.57. The van der Waals surface area contributed by atoms with Crippen LogP contribution in [0.15, 0.2) is 77.4 Å². The van der Waals surface area contributed by atoms with Crippen molar-refractivity contribution in [2.24, 2.45) is 0 Å². The van der Waals surface area contributed by atoms with E-state index in [1.807, 2.05) is 30.3 Å². The summed E-state index contributed by atoms with van der Waals surface area (Å²) in [6.07, 6.45) is 4.59. The Morgan fingerprint density at radius 2 is 1.89 bits per heavy atom. The summed E-state index contributed by atoms with van der Waals surface area (Å²) in [4.78, 5) is 23.1. The number of likely N-dealkylation sites (N-methyl/N-ethyl adjacent to an activating group) is 1. The first-order valence-electron chi connectivity index (χ1n) is 11.8. The van der Waals surface area contributed by atoms with Crippen molar-refractivity contribution in [2.45, 2.75) is 37.3 Å². The Balaban J connectivity index is 1.20. The smallest absolute Gasteiger partial charge is 0.358 e. The van der Waals surface area contributed by atoms with Crippen molar-refractivity contribution < 1.29 is 26.9 Å². The summed E-state index contributed by atoms with van der Waals surface area (Å²) < 4.78 is 59.4. The van der Waals surface area contributed by atoms with Gasteiger partial charge in [0.2, 0.25) is 5.91 Å². The molecule has 0 unspecified atom stereocenters. The van der Waals surface area contributed by atoms with Crippen LogP contribution in [0.4, 0.5) is 23.4 Å². The van der Waals surface area contributed by atoms with Gasteiger partial charge in [-0.1, -0.05) is 29.9 Å². The number of hydrogen-bond acceptors (Lipinski definition) is 6. The lowest BCUT2D eigenvalue weighted by molar-refractivity contribution is -0.165. The minimum absolute atomic E-state index is 0.0894. The number of alkyl halides is 3. The molecule has 1 aromatic carbocycles. The molecule has 0 atom stereocenters. The fourth-order valence-electron chi connectivity index (χ4n) is 4.16. The second-order valence-electron chi connectivity index (χ2n) is 9.39. The van der Waals surface area contributed by atoms with Crippen molar-refractivity contribution in [3.8, 4) is 11.1 Å². The third kappa shape index (κ3) is 5.09. The Hall–Kier alpha value is -4.28. The highest BCUT2D eigenvalue weighted by Crippen LogP contribution is 2.59. The molecule has 0 radical (unpaired) electrons. The minimum Gasteiger partial charge on any atom is -0.358 e. The highest BCUT2D eigenvalue weighted by atomic mass is 19.4. The SMILES string of the molecule is C=C1C=CC(Cc2ncc(-c3ccc(CC(=O)Nc4cc(C5(C(F)(F)F)CC5)on4)c(F)c3)cn2)=CN1C. The van der Waals surface area contributed by atoms with Crippen molar-refractivity contribution in [1.29, 1.82) is 0 Å². The highest BCUT2D eigenvalue weighted by Gasteiger charge is 2.66. The molecule has 11 heteroatoms. The molecular weight excluding hydrogens is 502 g/mol. The molecule has 7 nitrogen and oxygen atoms in total. The Morgan fingerprint density at radius 3 is 2.53 bits per heavy atom. The van der Waals surface area contributed by atoms with Crippen LogP contribution >= 0.6 is 0 Å². The van der Waals surface area contributed by atoms with Gasteiger partial charge < -0.3 is 14.7 Å². The van der Waals surface area contributed by atoms with Gasteiger partial charge in [-0.25, -0.2) is 14.4 Å². The number of carbonyl (C=O) groups excluding carboxylic acids is 1. The number of allylic oxidation sites excluding steroid dienone is 3. The molecule has 2 aliphatic rings. The van der Waals surface area contributed by atoms with Gasteiger partial charge in [-0.15, -0.1) is 0 Å². The molecule has 1 N–H and O–H groups in total. The van der Waals surface area contributed by atoms with E-state index in [1.165, 1.54) is 12.1 Å². The van der Waals surface area contributed by atoms with Crippen molar-refractivity contribution in [3.63, 3.8) is 0 Å². The van der Waals surface area contributed by atoms with Gasteiger partial charge in [-0.2, -0.15) is 13.2 Å². The first-order valence-corrected chi connectivity index (χ1v) is 11.8. The van der Waals surface area contributed by atoms with Crippen LogP contribution < -0.4 is 5.32 Å². The summed E-state index contributed by atoms with van der Waals surface area (Å²) in [7, 11) is 1.91. The number of rotatable bonds is 7. The molecular formula is C27H23F4N5O2. The summed E-state index contributed by atoms with van der Waals surface area (Å²) in [5, 5.41) is 5.88. The van der Waals surface area contributed by atoms with Gasteiger partial charge in [0.25, 0.3) is 0 Å². The Morgan fingerprint density at radius 1 is 1.16 bits per heavy atom. The number of aromatic nitrogens is 3.